The van der Waals surface area contributed by atoms with Crippen molar-refractivity contribution in [1.29, 1.82) is 0 Å². The molecule has 0 amide bonds. The maximum absolute atomic E-state index is 12.1. The van der Waals surface area contributed by atoms with Crippen molar-refractivity contribution in [2.45, 2.75) is 54.1 Å². The van der Waals surface area contributed by atoms with Crippen LogP contribution in [0.15, 0.2) is 30.3 Å². The predicted octanol–water partition coefficient (Wildman–Crippen LogP) is 4.58. The maximum Gasteiger partial charge on any atom is 0.311 e. The van der Waals surface area contributed by atoms with Crippen molar-refractivity contribution >= 4 is 5.97 Å². The van der Waals surface area contributed by atoms with E-state index in [4.69, 9.17) is 4.74 Å². The topological polar surface area (TPSA) is 26.3 Å². The van der Waals surface area contributed by atoms with Gasteiger partial charge in [-0.3, -0.25) is 4.79 Å². The van der Waals surface area contributed by atoms with Crippen LogP contribution < -0.4 is 0 Å². The maximum atomic E-state index is 12.1. The molecule has 1 aromatic carbocycles. The normalized spacial score (nSPS) is 12.3. The van der Waals surface area contributed by atoms with Gasteiger partial charge in [0.2, 0.25) is 0 Å². The summed E-state index contributed by atoms with van der Waals surface area (Å²) in [6, 6.07) is 9.80. The highest BCUT2D eigenvalue weighted by Gasteiger charge is 2.30. The molecule has 0 unspecified atom stereocenters. The highest BCUT2D eigenvalue weighted by atomic mass is 16.5. The van der Waals surface area contributed by atoms with Gasteiger partial charge in [-0.1, -0.05) is 51.1 Å². The summed E-state index contributed by atoms with van der Waals surface area (Å²) in [5, 5.41) is 0. The van der Waals surface area contributed by atoms with Gasteiger partial charge < -0.3 is 4.74 Å². The Morgan fingerprint density at radius 3 is 2.11 bits per heavy atom. The Morgan fingerprint density at radius 1 is 1.00 bits per heavy atom. The molecular weight excluding hydrogens is 236 g/mol. The molecule has 1 rings (SSSR count). The third kappa shape index (κ3) is 5.91. The molecular formula is C17H26O2. The molecule has 0 aliphatic carbocycles. The van der Waals surface area contributed by atoms with Crippen LogP contribution in [0.4, 0.5) is 0 Å². The van der Waals surface area contributed by atoms with Crippen molar-refractivity contribution in [3.8, 4) is 0 Å². The van der Waals surface area contributed by atoms with Gasteiger partial charge >= 0.3 is 5.97 Å². The molecule has 0 atom stereocenters. The lowest BCUT2D eigenvalue weighted by molar-refractivity contribution is -0.156. The Balaban J connectivity index is 2.47. The molecule has 0 aromatic heterocycles. The summed E-state index contributed by atoms with van der Waals surface area (Å²) >= 11 is 0. The van der Waals surface area contributed by atoms with E-state index >= 15 is 0 Å². The molecule has 0 aliphatic rings. The lowest BCUT2D eigenvalue weighted by Gasteiger charge is -2.27. The van der Waals surface area contributed by atoms with Crippen LogP contribution in [0.2, 0.25) is 0 Å². The van der Waals surface area contributed by atoms with Crippen molar-refractivity contribution in [2.24, 2.45) is 10.8 Å². The number of ether oxygens (including phenoxy) is 1. The molecule has 2 nitrogen and oxygen atoms in total. The van der Waals surface area contributed by atoms with Crippen LogP contribution in [0.3, 0.4) is 0 Å². The molecule has 19 heavy (non-hydrogen) atoms. The summed E-state index contributed by atoms with van der Waals surface area (Å²) < 4.78 is 5.42. The molecule has 0 saturated carbocycles. The zero-order chi connectivity index (χ0) is 14.5. The number of carbonyl (C=O) groups is 1. The van der Waals surface area contributed by atoms with Crippen LogP contribution in [0.5, 0.6) is 0 Å². The fourth-order valence-corrected chi connectivity index (χ4v) is 1.71. The molecule has 0 saturated heterocycles. The first-order valence-electron chi connectivity index (χ1n) is 6.92. The monoisotopic (exact) mass is 262 g/mol. The summed E-state index contributed by atoms with van der Waals surface area (Å²) in [6.45, 7) is 10.9. The average Bonchev–Trinajstić information content (AvgIpc) is 2.34. The summed E-state index contributed by atoms with van der Waals surface area (Å²) in [4.78, 5) is 12.1. The van der Waals surface area contributed by atoms with Crippen LogP contribution in [0.1, 0.15) is 53.0 Å². The van der Waals surface area contributed by atoms with E-state index in [0.717, 1.165) is 18.4 Å². The number of hydrogen-bond donors (Lipinski definition) is 0. The van der Waals surface area contributed by atoms with Gasteiger partial charge in [0, 0.05) is 0 Å². The molecule has 1 aromatic rings. The van der Waals surface area contributed by atoms with E-state index in [1.807, 2.05) is 44.2 Å². The van der Waals surface area contributed by atoms with E-state index < -0.39 is 5.41 Å². The first kappa shape index (κ1) is 15.7. The van der Waals surface area contributed by atoms with Crippen LogP contribution >= 0.6 is 0 Å². The average molecular weight is 262 g/mol. The first-order chi connectivity index (χ1) is 8.71. The quantitative estimate of drug-likeness (QED) is 0.726. The molecule has 0 heterocycles. The second-order valence-electron chi connectivity index (χ2n) is 7.01. The minimum Gasteiger partial charge on any atom is -0.460 e. The number of carbonyl (C=O) groups excluding carboxylic acids is 1. The van der Waals surface area contributed by atoms with Gasteiger partial charge in [0.25, 0.3) is 0 Å². The van der Waals surface area contributed by atoms with Gasteiger partial charge in [0.1, 0.15) is 6.61 Å². The van der Waals surface area contributed by atoms with Gasteiger partial charge in [-0.15, -0.1) is 0 Å². The zero-order valence-electron chi connectivity index (χ0n) is 12.8. The molecule has 0 aliphatic heterocycles. The first-order valence-corrected chi connectivity index (χ1v) is 6.92. The largest absolute Gasteiger partial charge is 0.460 e. The Labute approximate surface area is 117 Å². The fraction of sp³-hybridized carbons (Fsp3) is 0.588. The van der Waals surface area contributed by atoms with Crippen LogP contribution in [-0.2, 0) is 16.1 Å². The molecule has 0 spiro atoms. The Kier molecular flexibility index (Phi) is 5.16. The Hall–Kier alpha value is -1.31. The molecule has 0 radical (unpaired) electrons. The SMILES string of the molecule is CC(C)(C)CCC(C)(C)C(=O)OCc1ccccc1. The standard InChI is InChI=1S/C17H26O2/c1-16(2,3)11-12-17(4,5)15(18)19-13-14-9-7-6-8-10-14/h6-10H,11-13H2,1-5H3. The van der Waals surface area contributed by atoms with Crippen molar-refractivity contribution in [3.63, 3.8) is 0 Å². The fourth-order valence-electron chi connectivity index (χ4n) is 1.71. The number of benzene rings is 1. The van der Waals surface area contributed by atoms with E-state index in [2.05, 4.69) is 20.8 Å². The van der Waals surface area contributed by atoms with E-state index in [-0.39, 0.29) is 11.4 Å². The number of hydrogen-bond acceptors (Lipinski definition) is 2. The smallest absolute Gasteiger partial charge is 0.311 e. The minimum absolute atomic E-state index is 0.111. The second kappa shape index (κ2) is 6.23. The van der Waals surface area contributed by atoms with E-state index in [1.54, 1.807) is 0 Å². The highest BCUT2D eigenvalue weighted by Crippen LogP contribution is 2.31. The van der Waals surface area contributed by atoms with Crippen molar-refractivity contribution < 1.29 is 9.53 Å². The minimum atomic E-state index is -0.415. The Morgan fingerprint density at radius 2 is 1.58 bits per heavy atom. The van der Waals surface area contributed by atoms with Gasteiger partial charge in [0.05, 0.1) is 5.41 Å². The molecule has 2 heteroatoms. The molecule has 0 N–H and O–H groups in total. The van der Waals surface area contributed by atoms with Gasteiger partial charge in [-0.2, -0.15) is 0 Å². The summed E-state index contributed by atoms with van der Waals surface area (Å²) in [5.41, 5.74) is 0.862. The summed E-state index contributed by atoms with van der Waals surface area (Å²) in [6.07, 6.45) is 1.87. The van der Waals surface area contributed by atoms with Gasteiger partial charge in [0.15, 0.2) is 0 Å². The lowest BCUT2D eigenvalue weighted by atomic mass is 9.80. The van der Waals surface area contributed by atoms with Crippen molar-refractivity contribution in [3.05, 3.63) is 35.9 Å². The highest BCUT2D eigenvalue weighted by molar-refractivity contribution is 5.75. The third-order valence-corrected chi connectivity index (χ3v) is 3.27. The van der Waals surface area contributed by atoms with Crippen molar-refractivity contribution in [1.82, 2.24) is 0 Å². The van der Waals surface area contributed by atoms with E-state index in [0.29, 0.717) is 6.61 Å². The van der Waals surface area contributed by atoms with Crippen LogP contribution in [0, 0.1) is 10.8 Å². The lowest BCUT2D eigenvalue weighted by Crippen LogP contribution is -2.28. The second-order valence-corrected chi connectivity index (χ2v) is 7.01. The summed E-state index contributed by atoms with van der Waals surface area (Å²) in [5.74, 6) is -0.111. The number of rotatable bonds is 5. The van der Waals surface area contributed by atoms with Gasteiger partial charge in [-0.05, 0) is 37.7 Å². The predicted molar refractivity (Wildman–Crippen MR) is 78.7 cm³/mol. The molecule has 0 bridgehead atoms. The van der Waals surface area contributed by atoms with Crippen LogP contribution in [0.25, 0.3) is 0 Å². The third-order valence-electron chi connectivity index (χ3n) is 3.27. The zero-order valence-corrected chi connectivity index (χ0v) is 12.8. The Bertz CT molecular complexity index is 399. The van der Waals surface area contributed by atoms with Crippen LogP contribution in [-0.4, -0.2) is 5.97 Å². The number of esters is 1. The van der Waals surface area contributed by atoms with Crippen molar-refractivity contribution in [2.75, 3.05) is 0 Å². The van der Waals surface area contributed by atoms with Gasteiger partial charge in [-0.25, -0.2) is 0 Å². The summed E-state index contributed by atoms with van der Waals surface area (Å²) in [7, 11) is 0. The molecule has 0 fully saturated rings. The molecule has 106 valence electrons. The van der Waals surface area contributed by atoms with E-state index in [9.17, 15) is 4.79 Å². The van der Waals surface area contributed by atoms with E-state index in [1.165, 1.54) is 0 Å².